The van der Waals surface area contributed by atoms with Gasteiger partial charge in [-0.15, -0.1) is 0 Å². The van der Waals surface area contributed by atoms with E-state index in [0.29, 0.717) is 23.2 Å². The minimum absolute atomic E-state index is 0.0512. The van der Waals surface area contributed by atoms with Crippen LogP contribution in [-0.4, -0.2) is 6.61 Å². The van der Waals surface area contributed by atoms with Gasteiger partial charge in [-0.2, -0.15) is 5.26 Å². The Labute approximate surface area is 102 Å². The molecule has 0 amide bonds. The van der Waals surface area contributed by atoms with Gasteiger partial charge in [0.15, 0.2) is 0 Å². The van der Waals surface area contributed by atoms with Crippen LogP contribution >= 0.6 is 15.9 Å². The van der Waals surface area contributed by atoms with Gasteiger partial charge in [0.05, 0.1) is 17.1 Å². The molecule has 0 saturated heterocycles. The van der Waals surface area contributed by atoms with Crippen molar-refractivity contribution in [3.8, 4) is 11.8 Å². The number of hydrogen-bond acceptors (Lipinski definition) is 2. The van der Waals surface area contributed by atoms with E-state index < -0.39 is 0 Å². The standard InChI is InChI=1S/C12H11BrFNO/c13-10-7-9(1-2-11(10)14)16-8-12(3-4-12)5-6-15/h1-2,7H,3-5,8H2. The van der Waals surface area contributed by atoms with E-state index in [1.54, 1.807) is 12.1 Å². The van der Waals surface area contributed by atoms with Crippen molar-refractivity contribution >= 4 is 15.9 Å². The summed E-state index contributed by atoms with van der Waals surface area (Å²) in [5, 5.41) is 8.66. The van der Waals surface area contributed by atoms with Gasteiger partial charge in [0.1, 0.15) is 11.6 Å². The number of rotatable bonds is 4. The highest BCUT2D eigenvalue weighted by Crippen LogP contribution is 2.48. The second-order valence-electron chi connectivity index (χ2n) is 4.20. The first kappa shape index (κ1) is 11.4. The third-order valence-corrected chi connectivity index (χ3v) is 3.45. The molecular weight excluding hydrogens is 273 g/mol. The van der Waals surface area contributed by atoms with Gasteiger partial charge >= 0.3 is 0 Å². The van der Waals surface area contributed by atoms with Crippen LogP contribution in [0.2, 0.25) is 0 Å². The molecule has 2 rings (SSSR count). The molecule has 0 unspecified atom stereocenters. The Kier molecular flexibility index (Phi) is 3.15. The number of nitriles is 1. The summed E-state index contributed by atoms with van der Waals surface area (Å²) in [6.07, 6.45) is 2.63. The van der Waals surface area contributed by atoms with Crippen LogP contribution < -0.4 is 4.74 Å². The highest BCUT2D eigenvalue weighted by molar-refractivity contribution is 9.10. The zero-order valence-corrected chi connectivity index (χ0v) is 10.3. The normalized spacial score (nSPS) is 16.6. The second-order valence-corrected chi connectivity index (χ2v) is 5.05. The zero-order chi connectivity index (χ0) is 11.6. The van der Waals surface area contributed by atoms with E-state index >= 15 is 0 Å². The average molecular weight is 284 g/mol. The third kappa shape index (κ3) is 2.53. The minimum Gasteiger partial charge on any atom is -0.493 e. The molecule has 0 aromatic heterocycles. The molecule has 0 heterocycles. The quantitative estimate of drug-likeness (QED) is 0.845. The first-order chi connectivity index (χ1) is 7.65. The second kappa shape index (κ2) is 4.42. The lowest BCUT2D eigenvalue weighted by atomic mass is 10.1. The van der Waals surface area contributed by atoms with E-state index in [4.69, 9.17) is 10.00 Å². The van der Waals surface area contributed by atoms with Gasteiger partial charge in [0.2, 0.25) is 0 Å². The third-order valence-electron chi connectivity index (χ3n) is 2.85. The molecule has 84 valence electrons. The summed E-state index contributed by atoms with van der Waals surface area (Å²) in [4.78, 5) is 0. The van der Waals surface area contributed by atoms with Crippen molar-refractivity contribution < 1.29 is 9.13 Å². The fraction of sp³-hybridized carbons (Fsp3) is 0.417. The Morgan fingerprint density at radius 3 is 2.81 bits per heavy atom. The summed E-state index contributed by atoms with van der Waals surface area (Å²) in [5.74, 6) is 0.336. The monoisotopic (exact) mass is 283 g/mol. The van der Waals surface area contributed by atoms with Crippen LogP contribution in [0.1, 0.15) is 19.3 Å². The smallest absolute Gasteiger partial charge is 0.137 e. The van der Waals surface area contributed by atoms with E-state index in [2.05, 4.69) is 22.0 Å². The van der Waals surface area contributed by atoms with Crippen LogP contribution in [0.15, 0.2) is 22.7 Å². The molecule has 0 bridgehead atoms. The highest BCUT2D eigenvalue weighted by atomic mass is 79.9. The molecule has 0 spiro atoms. The van der Waals surface area contributed by atoms with Gasteiger partial charge in [-0.25, -0.2) is 4.39 Å². The number of benzene rings is 1. The Balaban J connectivity index is 1.95. The van der Waals surface area contributed by atoms with Crippen molar-refractivity contribution in [3.63, 3.8) is 0 Å². The molecule has 1 aliphatic carbocycles. The lowest BCUT2D eigenvalue weighted by molar-refractivity contribution is 0.236. The largest absolute Gasteiger partial charge is 0.493 e. The topological polar surface area (TPSA) is 33.0 Å². The Morgan fingerprint density at radius 1 is 1.50 bits per heavy atom. The van der Waals surface area contributed by atoms with Gasteiger partial charge < -0.3 is 4.74 Å². The lowest BCUT2D eigenvalue weighted by Crippen LogP contribution is -2.12. The maximum atomic E-state index is 13.0. The fourth-order valence-electron chi connectivity index (χ4n) is 1.52. The molecule has 1 aliphatic rings. The van der Waals surface area contributed by atoms with E-state index in [1.807, 2.05) is 0 Å². The van der Waals surface area contributed by atoms with Crippen molar-refractivity contribution in [1.29, 1.82) is 5.26 Å². The number of ether oxygens (including phenoxy) is 1. The van der Waals surface area contributed by atoms with Gasteiger partial charge in [0.25, 0.3) is 0 Å². The van der Waals surface area contributed by atoms with Crippen LogP contribution in [0.3, 0.4) is 0 Å². The van der Waals surface area contributed by atoms with Crippen LogP contribution in [0.25, 0.3) is 0 Å². The SMILES string of the molecule is N#CCC1(COc2ccc(F)c(Br)c2)CC1. The molecule has 0 radical (unpaired) electrons. The van der Waals surface area contributed by atoms with E-state index in [1.165, 1.54) is 6.07 Å². The molecule has 0 atom stereocenters. The molecule has 4 heteroatoms. The number of nitrogens with zero attached hydrogens (tertiary/aromatic N) is 1. The first-order valence-corrected chi connectivity index (χ1v) is 5.89. The van der Waals surface area contributed by atoms with Crippen LogP contribution in [-0.2, 0) is 0 Å². The van der Waals surface area contributed by atoms with Crippen LogP contribution in [0, 0.1) is 22.6 Å². The van der Waals surface area contributed by atoms with Crippen molar-refractivity contribution in [2.75, 3.05) is 6.61 Å². The summed E-state index contributed by atoms with van der Waals surface area (Å²) in [6.45, 7) is 0.540. The van der Waals surface area contributed by atoms with Crippen LogP contribution in [0.5, 0.6) is 5.75 Å². The predicted octanol–water partition coefficient (Wildman–Crippen LogP) is 3.66. The van der Waals surface area contributed by atoms with Gasteiger partial charge in [-0.1, -0.05) is 0 Å². The van der Waals surface area contributed by atoms with Crippen molar-refractivity contribution in [3.05, 3.63) is 28.5 Å². The number of halogens is 2. The molecule has 1 aromatic carbocycles. The summed E-state index contributed by atoms with van der Waals surface area (Å²) in [6, 6.07) is 6.75. The average Bonchev–Trinajstić information content (AvgIpc) is 3.01. The van der Waals surface area contributed by atoms with E-state index in [0.717, 1.165) is 12.8 Å². The summed E-state index contributed by atoms with van der Waals surface area (Å²) >= 11 is 3.11. The maximum Gasteiger partial charge on any atom is 0.137 e. The highest BCUT2D eigenvalue weighted by Gasteiger charge is 2.43. The lowest BCUT2D eigenvalue weighted by Gasteiger charge is -2.13. The predicted molar refractivity (Wildman–Crippen MR) is 61.5 cm³/mol. The van der Waals surface area contributed by atoms with Gasteiger partial charge in [-0.3, -0.25) is 0 Å². The van der Waals surface area contributed by atoms with Gasteiger partial charge in [-0.05, 0) is 47.0 Å². The van der Waals surface area contributed by atoms with E-state index in [9.17, 15) is 4.39 Å². The molecule has 1 saturated carbocycles. The molecular formula is C12H11BrFNO. The Morgan fingerprint density at radius 2 is 2.25 bits per heavy atom. The first-order valence-electron chi connectivity index (χ1n) is 5.10. The summed E-state index contributed by atoms with van der Waals surface area (Å²) in [5.41, 5.74) is 0.0512. The number of hydrogen-bond donors (Lipinski definition) is 0. The van der Waals surface area contributed by atoms with Gasteiger partial charge in [0, 0.05) is 11.8 Å². The fourth-order valence-corrected chi connectivity index (χ4v) is 1.88. The van der Waals surface area contributed by atoms with Crippen LogP contribution in [0.4, 0.5) is 4.39 Å². The molecule has 1 aromatic rings. The Hall–Kier alpha value is -1.08. The summed E-state index contributed by atoms with van der Waals surface area (Å²) < 4.78 is 18.9. The molecule has 1 fully saturated rings. The van der Waals surface area contributed by atoms with Crippen molar-refractivity contribution in [2.24, 2.45) is 5.41 Å². The molecule has 16 heavy (non-hydrogen) atoms. The summed E-state index contributed by atoms with van der Waals surface area (Å²) in [7, 11) is 0. The van der Waals surface area contributed by atoms with Crippen molar-refractivity contribution in [1.82, 2.24) is 0 Å². The molecule has 0 aliphatic heterocycles. The van der Waals surface area contributed by atoms with Crippen molar-refractivity contribution in [2.45, 2.75) is 19.3 Å². The maximum absolute atomic E-state index is 13.0. The molecule has 0 N–H and O–H groups in total. The molecule has 2 nitrogen and oxygen atoms in total. The Bertz CT molecular complexity index is 437. The minimum atomic E-state index is -0.300. The van der Waals surface area contributed by atoms with E-state index in [-0.39, 0.29) is 11.2 Å². The zero-order valence-electron chi connectivity index (χ0n) is 8.67.